The molecule has 0 aromatic rings. The topological polar surface area (TPSA) is 40.5 Å². The van der Waals surface area contributed by atoms with Gasteiger partial charge in [0.15, 0.2) is 0 Å². The Balaban J connectivity index is 3.07. The molecular formula is C9H18O2. The van der Waals surface area contributed by atoms with Gasteiger partial charge in [-0.15, -0.1) is 0 Å². The first-order chi connectivity index (χ1) is 5.31. The van der Waals surface area contributed by atoms with Gasteiger partial charge in [0.2, 0.25) is 0 Å². The van der Waals surface area contributed by atoms with E-state index >= 15 is 0 Å². The van der Waals surface area contributed by atoms with E-state index in [2.05, 4.69) is 19.1 Å². The molecule has 0 amide bonds. The van der Waals surface area contributed by atoms with Crippen molar-refractivity contribution in [3.8, 4) is 0 Å². The van der Waals surface area contributed by atoms with Crippen molar-refractivity contribution < 1.29 is 10.2 Å². The maximum absolute atomic E-state index is 8.94. The van der Waals surface area contributed by atoms with Crippen LogP contribution < -0.4 is 0 Å². The van der Waals surface area contributed by atoms with Gasteiger partial charge in [0.05, 0.1) is 12.7 Å². The molecule has 0 spiro atoms. The van der Waals surface area contributed by atoms with E-state index in [9.17, 15) is 0 Å². The highest BCUT2D eigenvalue weighted by Gasteiger charge is 1.98. The maximum atomic E-state index is 8.94. The molecule has 0 aromatic carbocycles. The lowest BCUT2D eigenvalue weighted by Gasteiger charge is -2.03. The van der Waals surface area contributed by atoms with Gasteiger partial charge in [-0.05, 0) is 25.7 Å². The van der Waals surface area contributed by atoms with Crippen molar-refractivity contribution >= 4 is 0 Å². The summed E-state index contributed by atoms with van der Waals surface area (Å²) in [6, 6.07) is 0. The Labute approximate surface area is 68.6 Å². The van der Waals surface area contributed by atoms with E-state index in [1.54, 1.807) is 0 Å². The summed E-state index contributed by atoms with van der Waals surface area (Å²) in [5.74, 6) is 0. The van der Waals surface area contributed by atoms with Gasteiger partial charge in [0.1, 0.15) is 0 Å². The van der Waals surface area contributed by atoms with Gasteiger partial charge in [0, 0.05) is 0 Å². The molecule has 2 nitrogen and oxygen atoms in total. The molecule has 0 unspecified atom stereocenters. The average Bonchev–Trinajstić information content (AvgIpc) is 2.04. The van der Waals surface area contributed by atoms with Crippen molar-refractivity contribution in [1.82, 2.24) is 0 Å². The van der Waals surface area contributed by atoms with Gasteiger partial charge in [0.25, 0.3) is 0 Å². The number of unbranched alkanes of at least 4 members (excludes halogenated alkanes) is 1. The van der Waals surface area contributed by atoms with Gasteiger partial charge in [-0.1, -0.05) is 19.1 Å². The summed E-state index contributed by atoms with van der Waals surface area (Å²) >= 11 is 0. The number of aliphatic hydroxyl groups is 2. The lowest BCUT2D eigenvalue weighted by Crippen LogP contribution is -2.10. The second-order valence-corrected chi connectivity index (χ2v) is 2.65. The highest BCUT2D eigenvalue weighted by molar-refractivity contribution is 4.79. The van der Waals surface area contributed by atoms with E-state index in [1.165, 1.54) is 0 Å². The largest absolute Gasteiger partial charge is 0.394 e. The summed E-state index contributed by atoms with van der Waals surface area (Å²) in [5.41, 5.74) is 0. The third-order valence-corrected chi connectivity index (χ3v) is 1.52. The van der Waals surface area contributed by atoms with Crippen LogP contribution in [0.15, 0.2) is 12.2 Å². The summed E-state index contributed by atoms with van der Waals surface area (Å²) < 4.78 is 0. The zero-order chi connectivity index (χ0) is 8.53. The summed E-state index contributed by atoms with van der Waals surface area (Å²) in [6.07, 6.45) is 7.44. The molecule has 0 rings (SSSR count). The van der Waals surface area contributed by atoms with Crippen LogP contribution in [-0.2, 0) is 0 Å². The second-order valence-electron chi connectivity index (χ2n) is 2.65. The maximum Gasteiger partial charge on any atom is 0.0771 e. The van der Waals surface area contributed by atoms with Crippen LogP contribution in [0.4, 0.5) is 0 Å². The van der Waals surface area contributed by atoms with Gasteiger partial charge in [-0.25, -0.2) is 0 Å². The first-order valence-corrected chi connectivity index (χ1v) is 4.25. The van der Waals surface area contributed by atoms with Gasteiger partial charge in [-0.2, -0.15) is 0 Å². The summed E-state index contributed by atoms with van der Waals surface area (Å²) in [7, 11) is 0. The highest BCUT2D eigenvalue weighted by atomic mass is 16.3. The zero-order valence-electron chi connectivity index (χ0n) is 7.16. The minimum Gasteiger partial charge on any atom is -0.394 e. The molecule has 0 fully saturated rings. The van der Waals surface area contributed by atoms with E-state index in [0.717, 1.165) is 19.3 Å². The summed E-state index contributed by atoms with van der Waals surface area (Å²) in [6.45, 7) is 1.98. The molecule has 0 bridgehead atoms. The van der Waals surface area contributed by atoms with Crippen LogP contribution >= 0.6 is 0 Å². The SMILES string of the molecule is CC/C=C\CCC[C@@H](O)CO. The van der Waals surface area contributed by atoms with Crippen LogP contribution in [-0.4, -0.2) is 22.9 Å². The van der Waals surface area contributed by atoms with Crippen molar-refractivity contribution in [3.63, 3.8) is 0 Å². The Hall–Kier alpha value is -0.340. The minimum absolute atomic E-state index is 0.114. The van der Waals surface area contributed by atoms with E-state index in [1.807, 2.05) is 0 Å². The molecule has 0 aliphatic carbocycles. The van der Waals surface area contributed by atoms with Crippen molar-refractivity contribution in [1.29, 1.82) is 0 Å². The van der Waals surface area contributed by atoms with E-state index in [0.29, 0.717) is 6.42 Å². The van der Waals surface area contributed by atoms with Crippen molar-refractivity contribution in [2.45, 2.75) is 38.7 Å². The number of allylic oxidation sites excluding steroid dienone is 2. The summed E-state index contributed by atoms with van der Waals surface area (Å²) in [5, 5.41) is 17.4. The molecule has 2 heteroatoms. The Morgan fingerprint density at radius 2 is 2.09 bits per heavy atom. The molecular weight excluding hydrogens is 140 g/mol. The first-order valence-electron chi connectivity index (χ1n) is 4.25. The van der Waals surface area contributed by atoms with E-state index in [4.69, 9.17) is 10.2 Å². The molecule has 0 radical (unpaired) electrons. The molecule has 0 saturated heterocycles. The predicted molar refractivity (Wildman–Crippen MR) is 46.4 cm³/mol. The second kappa shape index (κ2) is 7.76. The van der Waals surface area contributed by atoms with Crippen LogP contribution in [0.5, 0.6) is 0 Å². The molecule has 0 heterocycles. The third kappa shape index (κ3) is 7.56. The number of hydrogen-bond acceptors (Lipinski definition) is 2. The Morgan fingerprint density at radius 3 is 2.64 bits per heavy atom. The number of rotatable bonds is 6. The fraction of sp³-hybridized carbons (Fsp3) is 0.778. The normalized spacial score (nSPS) is 14.1. The quantitative estimate of drug-likeness (QED) is 0.454. The number of hydrogen-bond donors (Lipinski definition) is 2. The number of aliphatic hydroxyl groups excluding tert-OH is 2. The molecule has 11 heavy (non-hydrogen) atoms. The standard InChI is InChI=1S/C9H18O2/c1-2-3-4-5-6-7-9(11)8-10/h3-4,9-11H,2,5-8H2,1H3/b4-3-/t9-/m1/s1. The van der Waals surface area contributed by atoms with E-state index < -0.39 is 6.10 Å². The Kier molecular flexibility index (Phi) is 7.52. The van der Waals surface area contributed by atoms with Crippen LogP contribution in [0.1, 0.15) is 32.6 Å². The lowest BCUT2D eigenvalue weighted by atomic mass is 10.1. The van der Waals surface area contributed by atoms with Crippen LogP contribution in [0, 0.1) is 0 Å². The molecule has 1 atom stereocenters. The Bertz CT molecular complexity index is 99.7. The molecule has 2 N–H and O–H groups in total. The smallest absolute Gasteiger partial charge is 0.0771 e. The van der Waals surface area contributed by atoms with Crippen LogP contribution in [0.2, 0.25) is 0 Å². The monoisotopic (exact) mass is 158 g/mol. The first kappa shape index (κ1) is 10.7. The highest BCUT2D eigenvalue weighted by Crippen LogP contribution is 2.01. The molecule has 0 aromatic heterocycles. The fourth-order valence-electron chi connectivity index (χ4n) is 0.847. The lowest BCUT2D eigenvalue weighted by molar-refractivity contribution is 0.0868. The van der Waals surface area contributed by atoms with Crippen molar-refractivity contribution in [2.24, 2.45) is 0 Å². The van der Waals surface area contributed by atoms with Crippen molar-refractivity contribution in [2.75, 3.05) is 6.61 Å². The minimum atomic E-state index is -0.523. The molecule has 0 aliphatic rings. The van der Waals surface area contributed by atoms with Crippen molar-refractivity contribution in [3.05, 3.63) is 12.2 Å². The molecule has 0 aliphatic heterocycles. The fourth-order valence-corrected chi connectivity index (χ4v) is 0.847. The van der Waals surface area contributed by atoms with Gasteiger partial charge >= 0.3 is 0 Å². The molecule has 0 saturated carbocycles. The Morgan fingerprint density at radius 1 is 1.36 bits per heavy atom. The summed E-state index contributed by atoms with van der Waals surface area (Å²) in [4.78, 5) is 0. The van der Waals surface area contributed by atoms with E-state index in [-0.39, 0.29) is 6.61 Å². The van der Waals surface area contributed by atoms with Gasteiger partial charge < -0.3 is 10.2 Å². The average molecular weight is 158 g/mol. The predicted octanol–water partition coefficient (Wildman–Crippen LogP) is 1.48. The van der Waals surface area contributed by atoms with Crippen LogP contribution in [0.3, 0.4) is 0 Å². The van der Waals surface area contributed by atoms with Gasteiger partial charge in [-0.3, -0.25) is 0 Å². The third-order valence-electron chi connectivity index (χ3n) is 1.52. The van der Waals surface area contributed by atoms with Crippen LogP contribution in [0.25, 0.3) is 0 Å². The zero-order valence-corrected chi connectivity index (χ0v) is 7.16. The molecule has 66 valence electrons.